The van der Waals surface area contributed by atoms with Crippen molar-refractivity contribution in [3.05, 3.63) is 47.4 Å². The van der Waals surface area contributed by atoms with Gasteiger partial charge in [-0.05, 0) is 24.5 Å². The largest absolute Gasteiger partial charge is 0.367 e. The molecule has 0 spiro atoms. The second-order valence-corrected chi connectivity index (χ2v) is 7.25. The molecule has 1 amide bonds. The molecule has 0 radical (unpaired) electrons. The molecule has 2 N–H and O–H groups in total. The third-order valence-corrected chi connectivity index (χ3v) is 4.46. The monoisotopic (exact) mass is 385 g/mol. The minimum Gasteiger partial charge on any atom is -0.367 e. The predicted molar refractivity (Wildman–Crippen MR) is 109 cm³/mol. The first kappa shape index (κ1) is 19.2. The minimum atomic E-state index is -0.157. The van der Waals surface area contributed by atoms with Crippen molar-refractivity contribution in [2.24, 2.45) is 5.92 Å². The second kappa shape index (κ2) is 8.39. The Morgan fingerprint density at radius 2 is 2.11 bits per heavy atom. The summed E-state index contributed by atoms with van der Waals surface area (Å²) in [6.45, 7) is 7.75. The number of hydrogen-bond donors (Lipinski definition) is 2. The molecule has 3 rings (SSSR count). The van der Waals surface area contributed by atoms with Gasteiger partial charge < -0.3 is 10.6 Å². The highest BCUT2D eigenvalue weighted by Gasteiger charge is 2.14. The lowest BCUT2D eigenvalue weighted by Crippen LogP contribution is -2.24. The van der Waals surface area contributed by atoms with Crippen molar-refractivity contribution >= 4 is 29.0 Å². The van der Waals surface area contributed by atoms with E-state index in [4.69, 9.17) is 11.6 Å². The first-order valence-electron chi connectivity index (χ1n) is 9.15. The highest BCUT2D eigenvalue weighted by molar-refractivity contribution is 6.34. The summed E-state index contributed by atoms with van der Waals surface area (Å²) < 4.78 is 1.97. The molecule has 0 aliphatic rings. The number of nitrogens with zero attached hydrogens (tertiary/aromatic N) is 3. The molecule has 2 aromatic heterocycles. The number of nitrogens with one attached hydrogen (secondary N) is 2. The Balaban J connectivity index is 1.93. The molecule has 0 aliphatic heterocycles. The average molecular weight is 386 g/mol. The Hall–Kier alpha value is -2.60. The molecule has 6 nitrogen and oxygen atoms in total. The second-order valence-electron chi connectivity index (χ2n) is 6.84. The van der Waals surface area contributed by atoms with Gasteiger partial charge in [-0.15, -0.1) is 0 Å². The number of carbonyl (C=O) groups excluding carboxylic acids is 1. The number of amides is 1. The van der Waals surface area contributed by atoms with Crippen molar-refractivity contribution < 1.29 is 4.79 Å². The molecule has 7 heteroatoms. The number of halogens is 1. The lowest BCUT2D eigenvalue weighted by molar-refractivity contribution is 0.0954. The number of rotatable bonds is 7. The Bertz CT molecular complexity index is 951. The molecule has 0 saturated carbocycles. The average Bonchev–Trinajstić information content (AvgIpc) is 3.09. The summed E-state index contributed by atoms with van der Waals surface area (Å²) in [5, 5.41) is 6.60. The SMILES string of the molecule is CCCNC(=O)c1ccc(-c2cnc3c(NCC(C)C)nccn23)cc1Cl. The number of imidazole rings is 1. The number of hydrogen-bond acceptors (Lipinski definition) is 4. The van der Waals surface area contributed by atoms with Crippen LogP contribution < -0.4 is 10.6 Å². The van der Waals surface area contributed by atoms with E-state index in [0.29, 0.717) is 23.0 Å². The maximum Gasteiger partial charge on any atom is 0.252 e. The van der Waals surface area contributed by atoms with Crippen LogP contribution in [0.5, 0.6) is 0 Å². The van der Waals surface area contributed by atoms with Crippen molar-refractivity contribution in [3.8, 4) is 11.3 Å². The molecule has 2 heterocycles. The van der Waals surface area contributed by atoms with E-state index in [0.717, 1.165) is 35.7 Å². The van der Waals surface area contributed by atoms with Crippen LogP contribution in [0.25, 0.3) is 16.9 Å². The van der Waals surface area contributed by atoms with Crippen LogP contribution in [0.3, 0.4) is 0 Å². The minimum absolute atomic E-state index is 0.157. The summed E-state index contributed by atoms with van der Waals surface area (Å²) in [5.74, 6) is 1.10. The molecule has 1 aromatic carbocycles. The molecule has 0 unspecified atom stereocenters. The number of benzene rings is 1. The van der Waals surface area contributed by atoms with E-state index < -0.39 is 0 Å². The van der Waals surface area contributed by atoms with Crippen LogP contribution in [0, 0.1) is 5.92 Å². The molecular formula is C20H24ClN5O. The van der Waals surface area contributed by atoms with Gasteiger partial charge in [-0.3, -0.25) is 9.20 Å². The fraction of sp³-hybridized carbons (Fsp3) is 0.350. The number of fused-ring (bicyclic) bond motifs is 1. The Labute approximate surface area is 164 Å². The van der Waals surface area contributed by atoms with Gasteiger partial charge in [0.25, 0.3) is 5.91 Å². The van der Waals surface area contributed by atoms with Gasteiger partial charge in [0.1, 0.15) is 0 Å². The van der Waals surface area contributed by atoms with E-state index in [9.17, 15) is 4.79 Å². The van der Waals surface area contributed by atoms with Gasteiger partial charge in [0, 0.05) is 31.0 Å². The maximum atomic E-state index is 12.2. The number of anilines is 1. The topological polar surface area (TPSA) is 71.3 Å². The molecule has 0 aliphatic carbocycles. The first-order valence-corrected chi connectivity index (χ1v) is 9.53. The van der Waals surface area contributed by atoms with Crippen molar-refractivity contribution in [1.82, 2.24) is 19.7 Å². The number of carbonyl (C=O) groups is 1. The zero-order chi connectivity index (χ0) is 19.4. The molecule has 0 bridgehead atoms. The molecule has 0 saturated heterocycles. The first-order chi connectivity index (χ1) is 13.0. The van der Waals surface area contributed by atoms with Crippen LogP contribution in [-0.4, -0.2) is 33.4 Å². The molecular weight excluding hydrogens is 362 g/mol. The van der Waals surface area contributed by atoms with Crippen LogP contribution in [0.4, 0.5) is 5.82 Å². The molecule has 3 aromatic rings. The van der Waals surface area contributed by atoms with Crippen LogP contribution in [0.15, 0.2) is 36.8 Å². The predicted octanol–water partition coefficient (Wildman–Crippen LogP) is 4.26. The quantitative estimate of drug-likeness (QED) is 0.637. The van der Waals surface area contributed by atoms with Gasteiger partial charge in [-0.2, -0.15) is 0 Å². The third-order valence-electron chi connectivity index (χ3n) is 4.15. The summed E-state index contributed by atoms with van der Waals surface area (Å²) in [4.78, 5) is 21.1. The zero-order valence-corrected chi connectivity index (χ0v) is 16.5. The third kappa shape index (κ3) is 4.22. The van der Waals surface area contributed by atoms with Crippen molar-refractivity contribution in [3.63, 3.8) is 0 Å². The summed E-state index contributed by atoms with van der Waals surface area (Å²) in [6.07, 6.45) is 6.29. The molecule has 142 valence electrons. The summed E-state index contributed by atoms with van der Waals surface area (Å²) in [7, 11) is 0. The maximum absolute atomic E-state index is 12.2. The number of aromatic nitrogens is 3. The van der Waals surface area contributed by atoms with Crippen LogP contribution >= 0.6 is 11.6 Å². The van der Waals surface area contributed by atoms with Crippen LogP contribution in [-0.2, 0) is 0 Å². The lowest BCUT2D eigenvalue weighted by atomic mass is 10.1. The highest BCUT2D eigenvalue weighted by atomic mass is 35.5. The highest BCUT2D eigenvalue weighted by Crippen LogP contribution is 2.27. The summed E-state index contributed by atoms with van der Waals surface area (Å²) in [5.41, 5.74) is 3.01. The molecule has 27 heavy (non-hydrogen) atoms. The van der Waals surface area contributed by atoms with E-state index in [1.165, 1.54) is 0 Å². The fourth-order valence-corrected chi connectivity index (χ4v) is 3.02. The van der Waals surface area contributed by atoms with E-state index in [2.05, 4.69) is 34.4 Å². The lowest BCUT2D eigenvalue weighted by Gasteiger charge is -2.10. The molecule has 0 fully saturated rings. The van der Waals surface area contributed by atoms with E-state index >= 15 is 0 Å². The van der Waals surface area contributed by atoms with E-state index in [1.807, 2.05) is 23.6 Å². The summed E-state index contributed by atoms with van der Waals surface area (Å²) >= 11 is 6.37. The smallest absolute Gasteiger partial charge is 0.252 e. The standard InChI is InChI=1S/C20H24ClN5O/c1-4-7-23-20(27)15-6-5-14(10-16(15)21)17-12-25-19-18(24-11-13(2)3)22-8-9-26(17)19/h5-6,8-10,12-13H,4,7,11H2,1-3H3,(H,22,24)(H,23,27). The van der Waals surface area contributed by atoms with Gasteiger partial charge in [-0.1, -0.05) is 38.4 Å². The van der Waals surface area contributed by atoms with Gasteiger partial charge in [0.2, 0.25) is 0 Å². The van der Waals surface area contributed by atoms with Crippen molar-refractivity contribution in [2.45, 2.75) is 27.2 Å². The van der Waals surface area contributed by atoms with E-state index in [1.54, 1.807) is 24.5 Å². The van der Waals surface area contributed by atoms with Crippen LogP contribution in [0.1, 0.15) is 37.6 Å². The normalized spacial score (nSPS) is 11.1. The van der Waals surface area contributed by atoms with Gasteiger partial charge >= 0.3 is 0 Å². The fourth-order valence-electron chi connectivity index (χ4n) is 2.75. The van der Waals surface area contributed by atoms with E-state index in [-0.39, 0.29) is 5.91 Å². The van der Waals surface area contributed by atoms with Crippen molar-refractivity contribution in [2.75, 3.05) is 18.4 Å². The Kier molecular flexibility index (Phi) is 5.96. The van der Waals surface area contributed by atoms with Gasteiger partial charge in [-0.25, -0.2) is 9.97 Å². The summed E-state index contributed by atoms with van der Waals surface area (Å²) in [6, 6.07) is 5.44. The Morgan fingerprint density at radius 3 is 2.81 bits per heavy atom. The Morgan fingerprint density at radius 1 is 1.30 bits per heavy atom. The zero-order valence-electron chi connectivity index (χ0n) is 15.8. The van der Waals surface area contributed by atoms with Crippen molar-refractivity contribution in [1.29, 1.82) is 0 Å². The molecule has 0 atom stereocenters. The van der Waals surface area contributed by atoms with Gasteiger partial charge in [0.15, 0.2) is 11.5 Å². The van der Waals surface area contributed by atoms with Gasteiger partial charge in [0.05, 0.1) is 22.5 Å². The van der Waals surface area contributed by atoms with Crippen LogP contribution in [0.2, 0.25) is 5.02 Å².